The molecule has 0 aliphatic carbocycles. The van der Waals surface area contributed by atoms with E-state index in [9.17, 15) is 0 Å². The third kappa shape index (κ3) is 3.64. The maximum Gasteiger partial charge on any atom is 0.122 e. The summed E-state index contributed by atoms with van der Waals surface area (Å²) in [7, 11) is 4.95. The molecular formula is C12H18N2O3. The van der Waals surface area contributed by atoms with Crippen LogP contribution in [-0.2, 0) is 6.54 Å². The van der Waals surface area contributed by atoms with Gasteiger partial charge in [0.25, 0.3) is 0 Å². The topological polar surface area (TPSA) is 65.8 Å². The largest absolute Gasteiger partial charge is 0.497 e. The molecule has 0 aliphatic heterocycles. The highest BCUT2D eigenvalue weighted by Gasteiger charge is 2.07. The molecule has 5 nitrogen and oxygen atoms in total. The third-order valence-corrected chi connectivity index (χ3v) is 2.44. The molecule has 5 heteroatoms. The molecule has 0 bridgehead atoms. The molecule has 0 spiro atoms. The van der Waals surface area contributed by atoms with Crippen molar-refractivity contribution in [3.05, 3.63) is 23.8 Å². The van der Waals surface area contributed by atoms with Crippen molar-refractivity contribution >= 4 is 5.84 Å². The van der Waals surface area contributed by atoms with Crippen molar-refractivity contribution < 1.29 is 14.6 Å². The van der Waals surface area contributed by atoms with E-state index in [0.717, 1.165) is 5.56 Å². The fourth-order valence-corrected chi connectivity index (χ4v) is 1.45. The Kier molecular flexibility index (Phi) is 4.78. The van der Waals surface area contributed by atoms with E-state index < -0.39 is 0 Å². The molecule has 1 rings (SSSR count). The standard InChI is InChI=1S/C12H18N2O3/c1-14(12(13)8-15)7-9-4-10(16-2)6-11(5-9)17-3/h4-6,13,15H,7-8H2,1-3H3. The van der Waals surface area contributed by atoms with Gasteiger partial charge in [-0.2, -0.15) is 0 Å². The highest BCUT2D eigenvalue weighted by atomic mass is 16.5. The summed E-state index contributed by atoms with van der Waals surface area (Å²) in [5.74, 6) is 1.60. The van der Waals surface area contributed by atoms with Crippen LogP contribution in [0.4, 0.5) is 0 Å². The van der Waals surface area contributed by atoms with Gasteiger partial charge in [-0.25, -0.2) is 0 Å². The van der Waals surface area contributed by atoms with Crippen LogP contribution in [0.3, 0.4) is 0 Å². The van der Waals surface area contributed by atoms with Gasteiger partial charge in [0, 0.05) is 19.7 Å². The summed E-state index contributed by atoms with van der Waals surface area (Å²) in [5.41, 5.74) is 0.960. The summed E-state index contributed by atoms with van der Waals surface area (Å²) >= 11 is 0. The summed E-state index contributed by atoms with van der Waals surface area (Å²) in [6, 6.07) is 5.55. The predicted octanol–water partition coefficient (Wildman–Crippen LogP) is 1.11. The van der Waals surface area contributed by atoms with Gasteiger partial charge in [0.2, 0.25) is 0 Å². The van der Waals surface area contributed by atoms with Crippen LogP contribution in [0, 0.1) is 5.41 Å². The fourth-order valence-electron chi connectivity index (χ4n) is 1.45. The lowest BCUT2D eigenvalue weighted by atomic mass is 10.2. The van der Waals surface area contributed by atoms with Crippen molar-refractivity contribution in [1.29, 1.82) is 5.41 Å². The first-order chi connectivity index (χ1) is 8.10. The second kappa shape index (κ2) is 6.10. The molecule has 94 valence electrons. The molecule has 1 aromatic rings. The predicted molar refractivity (Wildman–Crippen MR) is 65.8 cm³/mol. The van der Waals surface area contributed by atoms with Crippen LogP contribution in [-0.4, -0.2) is 43.7 Å². The van der Waals surface area contributed by atoms with E-state index in [1.54, 1.807) is 32.2 Å². The summed E-state index contributed by atoms with van der Waals surface area (Å²) in [6.45, 7) is 0.255. The number of nitrogens with zero attached hydrogens (tertiary/aromatic N) is 1. The number of nitrogens with one attached hydrogen (secondary N) is 1. The lowest BCUT2D eigenvalue weighted by Crippen LogP contribution is -2.28. The van der Waals surface area contributed by atoms with Gasteiger partial charge in [-0.1, -0.05) is 0 Å². The van der Waals surface area contributed by atoms with Crippen LogP contribution < -0.4 is 9.47 Å². The lowest BCUT2D eigenvalue weighted by molar-refractivity contribution is 0.329. The van der Waals surface area contributed by atoms with E-state index >= 15 is 0 Å². The number of amidine groups is 1. The Morgan fingerprint density at radius 1 is 1.24 bits per heavy atom. The molecule has 0 fully saturated rings. The Morgan fingerprint density at radius 2 is 1.76 bits per heavy atom. The minimum absolute atomic E-state index is 0.173. The molecule has 0 amide bonds. The first-order valence-corrected chi connectivity index (χ1v) is 5.22. The number of hydrogen-bond acceptors (Lipinski definition) is 4. The third-order valence-electron chi connectivity index (χ3n) is 2.44. The molecule has 1 aromatic carbocycles. The van der Waals surface area contributed by atoms with E-state index in [0.29, 0.717) is 18.0 Å². The average molecular weight is 238 g/mol. The average Bonchev–Trinajstić information content (AvgIpc) is 2.36. The maximum atomic E-state index is 8.87. The Hall–Kier alpha value is -1.75. The number of hydrogen-bond donors (Lipinski definition) is 2. The zero-order chi connectivity index (χ0) is 12.8. The number of rotatable bonds is 5. The number of methoxy groups -OCH3 is 2. The minimum atomic E-state index is -0.266. The van der Waals surface area contributed by atoms with Crippen LogP contribution in [0.1, 0.15) is 5.56 Å². The van der Waals surface area contributed by atoms with Crippen LogP contribution in [0.25, 0.3) is 0 Å². The second-order valence-electron chi connectivity index (χ2n) is 3.68. The molecular weight excluding hydrogens is 220 g/mol. The summed E-state index contributed by atoms with van der Waals surface area (Å²) in [4.78, 5) is 1.66. The van der Waals surface area contributed by atoms with Crippen molar-refractivity contribution in [2.75, 3.05) is 27.9 Å². The lowest BCUT2D eigenvalue weighted by Gasteiger charge is -2.19. The van der Waals surface area contributed by atoms with Gasteiger partial charge in [0.1, 0.15) is 23.9 Å². The summed E-state index contributed by atoms with van der Waals surface area (Å²) < 4.78 is 10.3. The van der Waals surface area contributed by atoms with Gasteiger partial charge in [0.15, 0.2) is 0 Å². The van der Waals surface area contributed by atoms with Crippen LogP contribution in [0.15, 0.2) is 18.2 Å². The van der Waals surface area contributed by atoms with Crippen molar-refractivity contribution in [3.8, 4) is 11.5 Å². The number of likely N-dealkylation sites (N-methyl/N-ethyl adjacent to an activating group) is 1. The van der Waals surface area contributed by atoms with Gasteiger partial charge in [-0.05, 0) is 17.7 Å². The molecule has 0 atom stereocenters. The maximum absolute atomic E-state index is 8.87. The molecule has 0 saturated carbocycles. The Morgan fingerprint density at radius 3 is 2.18 bits per heavy atom. The smallest absolute Gasteiger partial charge is 0.122 e. The summed E-state index contributed by atoms with van der Waals surface area (Å²) in [6.07, 6.45) is 0. The number of ether oxygens (including phenoxy) is 2. The fraction of sp³-hybridized carbons (Fsp3) is 0.417. The number of aliphatic hydroxyl groups excluding tert-OH is 1. The highest BCUT2D eigenvalue weighted by Crippen LogP contribution is 2.23. The summed E-state index contributed by atoms with van der Waals surface area (Å²) in [5, 5.41) is 16.4. The SMILES string of the molecule is COc1cc(CN(C)C(=N)CO)cc(OC)c1. The van der Waals surface area contributed by atoms with Gasteiger partial charge in [-0.15, -0.1) is 0 Å². The monoisotopic (exact) mass is 238 g/mol. The van der Waals surface area contributed by atoms with Crippen molar-refractivity contribution in [3.63, 3.8) is 0 Å². The van der Waals surface area contributed by atoms with Crippen LogP contribution in [0.2, 0.25) is 0 Å². The quantitative estimate of drug-likeness (QED) is 0.595. The number of aliphatic hydroxyl groups is 1. The molecule has 2 N–H and O–H groups in total. The van der Waals surface area contributed by atoms with E-state index in [1.807, 2.05) is 12.1 Å². The Bertz CT molecular complexity index is 371. The zero-order valence-electron chi connectivity index (χ0n) is 10.4. The van der Waals surface area contributed by atoms with Gasteiger partial charge in [0.05, 0.1) is 14.2 Å². The van der Waals surface area contributed by atoms with Crippen LogP contribution >= 0.6 is 0 Å². The van der Waals surface area contributed by atoms with Gasteiger partial charge < -0.3 is 19.5 Å². The van der Waals surface area contributed by atoms with E-state index in [-0.39, 0.29) is 12.4 Å². The Labute approximate surface area is 101 Å². The first kappa shape index (κ1) is 13.3. The molecule has 0 aromatic heterocycles. The second-order valence-corrected chi connectivity index (χ2v) is 3.68. The normalized spacial score (nSPS) is 9.88. The van der Waals surface area contributed by atoms with Crippen molar-refractivity contribution in [2.24, 2.45) is 0 Å². The van der Waals surface area contributed by atoms with Crippen LogP contribution in [0.5, 0.6) is 11.5 Å². The molecule has 0 heterocycles. The van der Waals surface area contributed by atoms with Crippen molar-refractivity contribution in [1.82, 2.24) is 4.90 Å². The van der Waals surface area contributed by atoms with E-state index in [1.165, 1.54) is 0 Å². The minimum Gasteiger partial charge on any atom is -0.497 e. The zero-order valence-corrected chi connectivity index (χ0v) is 10.4. The van der Waals surface area contributed by atoms with Gasteiger partial charge in [-0.3, -0.25) is 5.41 Å². The first-order valence-electron chi connectivity index (χ1n) is 5.22. The highest BCUT2D eigenvalue weighted by molar-refractivity contribution is 5.79. The molecule has 0 aliphatic rings. The number of benzene rings is 1. The molecule has 0 unspecified atom stereocenters. The van der Waals surface area contributed by atoms with Gasteiger partial charge >= 0.3 is 0 Å². The molecule has 17 heavy (non-hydrogen) atoms. The van der Waals surface area contributed by atoms with Crippen molar-refractivity contribution in [2.45, 2.75) is 6.54 Å². The van der Waals surface area contributed by atoms with E-state index in [4.69, 9.17) is 20.0 Å². The van der Waals surface area contributed by atoms with E-state index in [2.05, 4.69) is 0 Å². The Balaban J connectivity index is 2.86. The molecule has 0 radical (unpaired) electrons. The molecule has 0 saturated heterocycles.